The number of hydrogen-bond donors (Lipinski definition) is 1. The van der Waals surface area contributed by atoms with Crippen molar-refractivity contribution in [1.29, 1.82) is 0 Å². The van der Waals surface area contributed by atoms with Gasteiger partial charge in [0.15, 0.2) is 0 Å². The summed E-state index contributed by atoms with van der Waals surface area (Å²) >= 11 is 4.88. The number of ether oxygens (including phenoxy) is 2. The van der Waals surface area contributed by atoms with E-state index < -0.39 is 0 Å². The third-order valence-electron chi connectivity index (χ3n) is 2.32. The first-order chi connectivity index (χ1) is 8.65. The molecule has 0 unspecified atom stereocenters. The zero-order valence-corrected chi connectivity index (χ0v) is 11.3. The second kappa shape index (κ2) is 8.13. The topological polar surface area (TPSA) is 44.5 Å². The molecule has 0 saturated heterocycles. The monoisotopic (exact) mass is 271 g/mol. The van der Waals surface area contributed by atoms with E-state index in [0.29, 0.717) is 25.4 Å². The average molecular weight is 271 g/mol. The second-order valence-corrected chi connectivity index (χ2v) is 4.27. The number of hydrogen-bond acceptors (Lipinski definition) is 3. The fourth-order valence-corrected chi connectivity index (χ4v) is 1.64. The van der Waals surface area contributed by atoms with Crippen LogP contribution in [0, 0.1) is 5.82 Å². The van der Waals surface area contributed by atoms with E-state index in [9.17, 15) is 4.39 Å². The van der Waals surface area contributed by atoms with Gasteiger partial charge < -0.3 is 15.2 Å². The molecule has 3 nitrogen and oxygen atoms in total. The van der Waals surface area contributed by atoms with Crippen molar-refractivity contribution in [1.82, 2.24) is 0 Å². The molecule has 0 saturated carbocycles. The fourth-order valence-electron chi connectivity index (χ4n) is 1.45. The fraction of sp³-hybridized carbons (Fsp3) is 0.462. The summed E-state index contributed by atoms with van der Waals surface area (Å²) < 4.78 is 23.8. The largest absolute Gasteiger partial charge is 0.389 e. The maximum Gasteiger partial charge on any atom is 0.123 e. The Balaban J connectivity index is 2.44. The molecule has 1 rings (SSSR count). The van der Waals surface area contributed by atoms with Crippen LogP contribution < -0.4 is 5.73 Å². The van der Waals surface area contributed by atoms with E-state index in [-0.39, 0.29) is 10.8 Å². The average Bonchev–Trinajstić information content (AvgIpc) is 2.35. The summed E-state index contributed by atoms with van der Waals surface area (Å²) in [5.74, 6) is -0.354. The summed E-state index contributed by atoms with van der Waals surface area (Å²) in [6.07, 6.45) is 0.990. The lowest BCUT2D eigenvalue weighted by Gasteiger charge is -2.09. The molecule has 1 aromatic carbocycles. The Morgan fingerprint density at radius 1 is 1.28 bits per heavy atom. The van der Waals surface area contributed by atoms with Crippen molar-refractivity contribution in [3.8, 4) is 0 Å². The summed E-state index contributed by atoms with van der Waals surface area (Å²) in [6.45, 7) is 4.18. The second-order valence-electron chi connectivity index (χ2n) is 3.83. The van der Waals surface area contributed by atoms with Crippen molar-refractivity contribution in [2.45, 2.75) is 20.0 Å². The summed E-state index contributed by atoms with van der Waals surface area (Å²) in [4.78, 5) is 0.176. The van der Waals surface area contributed by atoms with Gasteiger partial charge >= 0.3 is 0 Å². The standard InChI is InChI=1S/C13H18FNO2S/c1-2-5-16-6-7-17-9-10-3-4-11(14)8-12(10)13(15)18/h3-4,8H,2,5-7,9H2,1H3,(H2,15,18). The van der Waals surface area contributed by atoms with E-state index in [0.717, 1.165) is 18.6 Å². The highest BCUT2D eigenvalue weighted by atomic mass is 32.1. The smallest absolute Gasteiger partial charge is 0.123 e. The van der Waals surface area contributed by atoms with Gasteiger partial charge in [0, 0.05) is 12.2 Å². The summed E-state index contributed by atoms with van der Waals surface area (Å²) in [7, 11) is 0. The first-order valence-electron chi connectivity index (χ1n) is 5.89. The zero-order chi connectivity index (χ0) is 13.4. The van der Waals surface area contributed by atoms with Gasteiger partial charge in [-0.2, -0.15) is 0 Å². The highest BCUT2D eigenvalue weighted by molar-refractivity contribution is 7.80. The van der Waals surface area contributed by atoms with E-state index in [1.807, 2.05) is 6.92 Å². The van der Waals surface area contributed by atoms with E-state index in [4.69, 9.17) is 27.4 Å². The molecule has 0 amide bonds. The quantitative estimate of drug-likeness (QED) is 0.582. The molecule has 0 spiro atoms. The first kappa shape index (κ1) is 15.0. The van der Waals surface area contributed by atoms with Crippen LogP contribution in [0.25, 0.3) is 0 Å². The highest BCUT2D eigenvalue weighted by Gasteiger charge is 2.06. The van der Waals surface area contributed by atoms with Crippen molar-refractivity contribution in [2.24, 2.45) is 5.73 Å². The molecule has 0 radical (unpaired) electrons. The van der Waals surface area contributed by atoms with Gasteiger partial charge in [0.25, 0.3) is 0 Å². The Kier molecular flexibility index (Phi) is 6.78. The minimum absolute atomic E-state index is 0.176. The molecule has 2 N–H and O–H groups in total. The third-order valence-corrected chi connectivity index (χ3v) is 2.54. The number of benzene rings is 1. The normalized spacial score (nSPS) is 10.6. The molecule has 100 valence electrons. The lowest BCUT2D eigenvalue weighted by molar-refractivity contribution is 0.0408. The van der Waals surface area contributed by atoms with Crippen LogP contribution in [0.2, 0.25) is 0 Å². The molecule has 0 atom stereocenters. The third kappa shape index (κ3) is 5.08. The Labute approximate surface area is 112 Å². The first-order valence-corrected chi connectivity index (χ1v) is 6.29. The molecular weight excluding hydrogens is 253 g/mol. The Hall–Kier alpha value is -1.04. The Bertz CT molecular complexity index is 399. The highest BCUT2D eigenvalue weighted by Crippen LogP contribution is 2.12. The molecule has 0 bridgehead atoms. The molecule has 5 heteroatoms. The van der Waals surface area contributed by atoms with Gasteiger partial charge in [-0.1, -0.05) is 25.2 Å². The lowest BCUT2D eigenvalue weighted by Crippen LogP contribution is -2.14. The van der Waals surface area contributed by atoms with Gasteiger partial charge in [-0.05, 0) is 24.1 Å². The summed E-state index contributed by atoms with van der Waals surface area (Å²) in [6, 6.07) is 4.33. The van der Waals surface area contributed by atoms with Gasteiger partial charge in [-0.15, -0.1) is 0 Å². The number of rotatable bonds is 8. The summed E-state index contributed by atoms with van der Waals surface area (Å²) in [5, 5.41) is 0. The number of halogens is 1. The van der Waals surface area contributed by atoms with E-state index in [1.54, 1.807) is 6.07 Å². The maximum absolute atomic E-state index is 13.1. The van der Waals surface area contributed by atoms with E-state index >= 15 is 0 Å². The molecule has 0 fully saturated rings. The van der Waals surface area contributed by atoms with Gasteiger partial charge in [-0.3, -0.25) is 0 Å². The zero-order valence-electron chi connectivity index (χ0n) is 10.4. The predicted octanol–water partition coefficient (Wildman–Crippen LogP) is 2.40. The van der Waals surface area contributed by atoms with Crippen molar-refractivity contribution in [3.63, 3.8) is 0 Å². The van der Waals surface area contributed by atoms with Gasteiger partial charge in [0.1, 0.15) is 10.8 Å². The SMILES string of the molecule is CCCOCCOCc1ccc(F)cc1C(N)=S. The van der Waals surface area contributed by atoms with Gasteiger partial charge in [-0.25, -0.2) is 4.39 Å². The molecule has 18 heavy (non-hydrogen) atoms. The van der Waals surface area contributed by atoms with Crippen LogP contribution in [0.5, 0.6) is 0 Å². The molecule has 0 aliphatic carbocycles. The van der Waals surface area contributed by atoms with Crippen LogP contribution in [0.4, 0.5) is 4.39 Å². The summed E-state index contributed by atoms with van der Waals surface area (Å²) in [5.41, 5.74) is 6.86. The van der Waals surface area contributed by atoms with Crippen LogP contribution in [-0.2, 0) is 16.1 Å². The van der Waals surface area contributed by atoms with Crippen LogP contribution >= 0.6 is 12.2 Å². The molecule has 0 heterocycles. The van der Waals surface area contributed by atoms with Crippen LogP contribution in [-0.4, -0.2) is 24.8 Å². The van der Waals surface area contributed by atoms with Gasteiger partial charge in [0.2, 0.25) is 0 Å². The van der Waals surface area contributed by atoms with Crippen molar-refractivity contribution in [3.05, 3.63) is 35.1 Å². The molecule has 0 aliphatic rings. The van der Waals surface area contributed by atoms with Crippen molar-refractivity contribution >= 4 is 17.2 Å². The van der Waals surface area contributed by atoms with E-state index in [1.165, 1.54) is 12.1 Å². The molecule has 1 aromatic rings. The molecule has 0 aromatic heterocycles. The lowest BCUT2D eigenvalue weighted by atomic mass is 10.1. The minimum atomic E-state index is -0.354. The molecule has 0 aliphatic heterocycles. The van der Waals surface area contributed by atoms with Crippen LogP contribution in [0.15, 0.2) is 18.2 Å². The van der Waals surface area contributed by atoms with Crippen LogP contribution in [0.3, 0.4) is 0 Å². The maximum atomic E-state index is 13.1. The molecular formula is C13H18FNO2S. The number of thiocarbonyl (C=S) groups is 1. The minimum Gasteiger partial charge on any atom is -0.389 e. The predicted molar refractivity (Wildman–Crippen MR) is 73.1 cm³/mol. The van der Waals surface area contributed by atoms with Crippen molar-refractivity contribution < 1.29 is 13.9 Å². The Morgan fingerprint density at radius 2 is 2.00 bits per heavy atom. The van der Waals surface area contributed by atoms with E-state index in [2.05, 4.69) is 0 Å². The van der Waals surface area contributed by atoms with Crippen LogP contribution in [0.1, 0.15) is 24.5 Å². The van der Waals surface area contributed by atoms with Crippen molar-refractivity contribution in [2.75, 3.05) is 19.8 Å². The van der Waals surface area contributed by atoms with Gasteiger partial charge in [0.05, 0.1) is 19.8 Å². The number of nitrogens with two attached hydrogens (primary N) is 1. The Morgan fingerprint density at radius 3 is 2.67 bits per heavy atom.